The quantitative estimate of drug-likeness (QED) is 0.628. The maximum atomic E-state index is 10.8. The second-order valence-corrected chi connectivity index (χ2v) is 4.91. The molecule has 0 radical (unpaired) electrons. The summed E-state index contributed by atoms with van der Waals surface area (Å²) in [6, 6.07) is 16.9. The van der Waals surface area contributed by atoms with E-state index in [4.69, 9.17) is 5.73 Å². The first-order chi connectivity index (χ1) is 10.2. The Hall–Kier alpha value is -1.95. The van der Waals surface area contributed by atoms with Gasteiger partial charge in [-0.25, -0.2) is 0 Å². The van der Waals surface area contributed by atoms with Crippen LogP contribution in [-0.2, 0) is 13.1 Å². The molecule has 5 nitrogen and oxygen atoms in total. The van der Waals surface area contributed by atoms with Crippen molar-refractivity contribution >= 4 is 18.1 Å². The average Bonchev–Trinajstić information content (AvgIpc) is 2.49. The highest BCUT2D eigenvalue weighted by molar-refractivity contribution is 5.85. The van der Waals surface area contributed by atoms with Crippen molar-refractivity contribution < 1.29 is 4.92 Å². The summed E-state index contributed by atoms with van der Waals surface area (Å²) >= 11 is 0. The first kappa shape index (κ1) is 18.1. The third kappa shape index (κ3) is 5.44. The van der Waals surface area contributed by atoms with Gasteiger partial charge in [-0.15, -0.1) is 12.4 Å². The van der Waals surface area contributed by atoms with Gasteiger partial charge in [0.15, 0.2) is 0 Å². The molecule has 0 aliphatic rings. The zero-order chi connectivity index (χ0) is 15.1. The van der Waals surface area contributed by atoms with E-state index in [2.05, 4.69) is 17.0 Å². The van der Waals surface area contributed by atoms with Gasteiger partial charge in [-0.1, -0.05) is 42.5 Å². The molecule has 118 valence electrons. The van der Waals surface area contributed by atoms with E-state index in [1.165, 1.54) is 11.6 Å². The van der Waals surface area contributed by atoms with E-state index in [1.54, 1.807) is 12.1 Å². The summed E-state index contributed by atoms with van der Waals surface area (Å²) in [4.78, 5) is 12.6. The van der Waals surface area contributed by atoms with Crippen molar-refractivity contribution in [1.82, 2.24) is 4.90 Å². The lowest BCUT2D eigenvalue weighted by Crippen LogP contribution is -2.28. The highest BCUT2D eigenvalue weighted by atomic mass is 35.5. The number of non-ortho nitro benzene ring substituents is 1. The van der Waals surface area contributed by atoms with E-state index < -0.39 is 0 Å². The Morgan fingerprint density at radius 2 is 1.64 bits per heavy atom. The molecule has 0 atom stereocenters. The second kappa shape index (κ2) is 9.15. The molecule has 0 bridgehead atoms. The van der Waals surface area contributed by atoms with Crippen molar-refractivity contribution in [3.63, 3.8) is 0 Å². The summed E-state index contributed by atoms with van der Waals surface area (Å²) in [5, 5.41) is 10.8. The summed E-state index contributed by atoms with van der Waals surface area (Å²) in [7, 11) is 0. The maximum absolute atomic E-state index is 10.8. The Kier molecular flexibility index (Phi) is 7.52. The molecule has 0 unspecified atom stereocenters. The molecule has 2 aromatic carbocycles. The van der Waals surface area contributed by atoms with Gasteiger partial charge >= 0.3 is 0 Å². The molecule has 0 fully saturated rings. The van der Waals surface area contributed by atoms with Crippen molar-refractivity contribution in [2.45, 2.75) is 13.1 Å². The van der Waals surface area contributed by atoms with Crippen LogP contribution in [0.25, 0.3) is 0 Å². The molecular formula is C16H20ClN3O2. The van der Waals surface area contributed by atoms with E-state index >= 15 is 0 Å². The predicted octanol–water partition coefficient (Wildman–Crippen LogP) is 2.98. The Balaban J connectivity index is 0.00000242. The van der Waals surface area contributed by atoms with Crippen molar-refractivity contribution in [1.29, 1.82) is 0 Å². The number of nitro groups is 1. The zero-order valence-corrected chi connectivity index (χ0v) is 13.0. The molecule has 0 aliphatic heterocycles. The monoisotopic (exact) mass is 321 g/mol. The number of hydrogen-bond acceptors (Lipinski definition) is 4. The fourth-order valence-electron chi connectivity index (χ4n) is 2.26. The van der Waals surface area contributed by atoms with Crippen LogP contribution < -0.4 is 5.73 Å². The molecule has 0 aliphatic carbocycles. The van der Waals surface area contributed by atoms with Crippen LogP contribution in [-0.4, -0.2) is 22.9 Å². The van der Waals surface area contributed by atoms with Crippen molar-refractivity contribution in [3.8, 4) is 0 Å². The lowest BCUT2D eigenvalue weighted by Gasteiger charge is -2.21. The lowest BCUT2D eigenvalue weighted by molar-refractivity contribution is -0.384. The minimum absolute atomic E-state index is 0. The molecule has 0 saturated heterocycles. The molecule has 0 amide bonds. The number of nitro benzene ring substituents is 1. The molecule has 2 rings (SSSR count). The van der Waals surface area contributed by atoms with E-state index in [0.717, 1.165) is 18.7 Å². The van der Waals surface area contributed by atoms with Crippen LogP contribution in [0.3, 0.4) is 0 Å². The van der Waals surface area contributed by atoms with Gasteiger partial charge in [0.25, 0.3) is 5.69 Å². The van der Waals surface area contributed by atoms with Crippen LogP contribution in [0, 0.1) is 10.1 Å². The average molecular weight is 322 g/mol. The van der Waals surface area contributed by atoms with Gasteiger partial charge in [-0.05, 0) is 11.1 Å². The molecule has 0 spiro atoms. The smallest absolute Gasteiger partial charge is 0.269 e. The molecule has 0 heterocycles. The summed E-state index contributed by atoms with van der Waals surface area (Å²) < 4.78 is 0. The Morgan fingerprint density at radius 3 is 2.27 bits per heavy atom. The van der Waals surface area contributed by atoms with Gasteiger partial charge < -0.3 is 5.73 Å². The highest BCUT2D eigenvalue weighted by Gasteiger charge is 2.10. The van der Waals surface area contributed by atoms with E-state index in [0.29, 0.717) is 13.1 Å². The molecule has 22 heavy (non-hydrogen) atoms. The number of halogens is 1. The molecule has 0 aromatic heterocycles. The van der Waals surface area contributed by atoms with Gasteiger partial charge in [-0.3, -0.25) is 15.0 Å². The summed E-state index contributed by atoms with van der Waals surface area (Å²) in [5.41, 5.74) is 7.92. The van der Waals surface area contributed by atoms with Gasteiger partial charge in [-0.2, -0.15) is 0 Å². The molecule has 2 N–H and O–H groups in total. The number of rotatable bonds is 7. The van der Waals surface area contributed by atoms with Crippen LogP contribution in [0.2, 0.25) is 0 Å². The predicted molar refractivity (Wildman–Crippen MR) is 90.0 cm³/mol. The highest BCUT2D eigenvalue weighted by Crippen LogP contribution is 2.16. The van der Waals surface area contributed by atoms with E-state index in [-0.39, 0.29) is 23.0 Å². The third-order valence-corrected chi connectivity index (χ3v) is 3.22. The topological polar surface area (TPSA) is 72.4 Å². The summed E-state index contributed by atoms with van der Waals surface area (Å²) in [5.74, 6) is 0. The number of nitrogens with two attached hydrogens (primary N) is 1. The largest absolute Gasteiger partial charge is 0.329 e. The van der Waals surface area contributed by atoms with E-state index in [1.807, 2.05) is 24.3 Å². The molecule has 6 heteroatoms. The molecule has 0 saturated carbocycles. The summed E-state index contributed by atoms with van der Waals surface area (Å²) in [6.07, 6.45) is 0. The SMILES string of the molecule is Cl.NCCN(Cc1ccccc1)Cc1cccc([N+](=O)[O-])c1. The fourth-order valence-corrected chi connectivity index (χ4v) is 2.26. The van der Waals surface area contributed by atoms with Crippen LogP contribution in [0.5, 0.6) is 0 Å². The first-order valence-electron chi connectivity index (χ1n) is 6.88. The normalized spacial score (nSPS) is 10.3. The Morgan fingerprint density at radius 1 is 1.00 bits per heavy atom. The standard InChI is InChI=1S/C16H19N3O2.ClH/c17-9-10-18(12-14-5-2-1-3-6-14)13-15-7-4-8-16(11-15)19(20)21;/h1-8,11H,9-10,12-13,17H2;1H. The fraction of sp³-hybridized carbons (Fsp3) is 0.250. The third-order valence-electron chi connectivity index (χ3n) is 3.22. The first-order valence-corrected chi connectivity index (χ1v) is 6.88. The van der Waals surface area contributed by atoms with Crippen LogP contribution in [0.1, 0.15) is 11.1 Å². The van der Waals surface area contributed by atoms with Gasteiger partial charge in [0.2, 0.25) is 0 Å². The second-order valence-electron chi connectivity index (χ2n) is 4.91. The summed E-state index contributed by atoms with van der Waals surface area (Å²) in [6.45, 7) is 2.73. The van der Waals surface area contributed by atoms with E-state index in [9.17, 15) is 10.1 Å². The number of nitrogens with zero attached hydrogens (tertiary/aromatic N) is 2. The van der Waals surface area contributed by atoms with Gasteiger partial charge in [0, 0.05) is 38.3 Å². The van der Waals surface area contributed by atoms with Crippen molar-refractivity contribution in [2.24, 2.45) is 5.73 Å². The van der Waals surface area contributed by atoms with Crippen molar-refractivity contribution in [3.05, 3.63) is 75.8 Å². The van der Waals surface area contributed by atoms with Crippen LogP contribution in [0.4, 0.5) is 5.69 Å². The maximum Gasteiger partial charge on any atom is 0.269 e. The molecule has 2 aromatic rings. The van der Waals surface area contributed by atoms with Gasteiger partial charge in [0.1, 0.15) is 0 Å². The minimum atomic E-state index is -0.367. The minimum Gasteiger partial charge on any atom is -0.329 e. The number of benzene rings is 2. The lowest BCUT2D eigenvalue weighted by atomic mass is 10.1. The van der Waals surface area contributed by atoms with Crippen molar-refractivity contribution in [2.75, 3.05) is 13.1 Å². The van der Waals surface area contributed by atoms with Crippen LogP contribution in [0.15, 0.2) is 54.6 Å². The molecular weight excluding hydrogens is 302 g/mol. The van der Waals surface area contributed by atoms with Gasteiger partial charge in [0.05, 0.1) is 4.92 Å². The van der Waals surface area contributed by atoms with Crippen LogP contribution >= 0.6 is 12.4 Å². The number of hydrogen-bond donors (Lipinski definition) is 1. The zero-order valence-electron chi connectivity index (χ0n) is 12.2. The Labute approximate surface area is 136 Å². The Bertz CT molecular complexity index is 593.